The molecule has 1 aliphatic heterocycles. The highest BCUT2D eigenvalue weighted by atomic mass is 16.6. The molecule has 0 spiro atoms. The van der Waals surface area contributed by atoms with Crippen molar-refractivity contribution in [2.24, 2.45) is 0 Å². The van der Waals surface area contributed by atoms with Crippen LogP contribution >= 0.6 is 0 Å². The van der Waals surface area contributed by atoms with Gasteiger partial charge in [0.25, 0.3) is 0 Å². The van der Waals surface area contributed by atoms with Gasteiger partial charge in [-0.3, -0.25) is 9.59 Å². The highest BCUT2D eigenvalue weighted by Gasteiger charge is 2.21. The Bertz CT molecular complexity index is 335. The number of para-hydroxylation sites is 2. The molecule has 1 aromatic rings. The topological polar surface area (TPSA) is 52.6 Å². The van der Waals surface area contributed by atoms with Crippen molar-refractivity contribution in [1.29, 1.82) is 0 Å². The van der Waals surface area contributed by atoms with Gasteiger partial charge in [0.05, 0.1) is 0 Å². The molecule has 4 nitrogen and oxygen atoms in total. The van der Waals surface area contributed by atoms with E-state index in [2.05, 4.69) is 0 Å². The Balaban J connectivity index is 2.43. The second-order valence-electron chi connectivity index (χ2n) is 2.57. The minimum atomic E-state index is -0.588. The highest BCUT2D eigenvalue weighted by Crippen LogP contribution is 2.28. The Morgan fingerprint density at radius 1 is 0.923 bits per heavy atom. The number of rotatable bonds is 0. The monoisotopic (exact) mass is 178 g/mol. The van der Waals surface area contributed by atoms with E-state index in [1.807, 2.05) is 0 Å². The van der Waals surface area contributed by atoms with Gasteiger partial charge in [-0.1, -0.05) is 12.1 Å². The highest BCUT2D eigenvalue weighted by molar-refractivity contribution is 5.95. The molecule has 0 saturated heterocycles. The average molecular weight is 178 g/mol. The third-order valence-electron chi connectivity index (χ3n) is 1.59. The van der Waals surface area contributed by atoms with E-state index in [1.54, 1.807) is 24.3 Å². The molecule has 0 bridgehead atoms. The summed E-state index contributed by atoms with van der Waals surface area (Å²) in [6.45, 7) is 0. The van der Waals surface area contributed by atoms with Crippen LogP contribution in [0, 0.1) is 0 Å². The Hall–Kier alpha value is -1.84. The molecule has 0 saturated carbocycles. The summed E-state index contributed by atoms with van der Waals surface area (Å²) < 4.78 is 9.68. The molecule has 1 aliphatic rings. The van der Waals surface area contributed by atoms with Crippen LogP contribution < -0.4 is 9.47 Å². The predicted octanol–water partition coefficient (Wildman–Crippen LogP) is 0.901. The smallest absolute Gasteiger partial charge is 0.322 e. The molecule has 13 heavy (non-hydrogen) atoms. The molecule has 1 aromatic carbocycles. The van der Waals surface area contributed by atoms with Crippen molar-refractivity contribution in [3.05, 3.63) is 24.3 Å². The van der Waals surface area contributed by atoms with Crippen LogP contribution in [0.3, 0.4) is 0 Å². The van der Waals surface area contributed by atoms with Gasteiger partial charge >= 0.3 is 11.9 Å². The van der Waals surface area contributed by atoms with Crippen LogP contribution in [-0.2, 0) is 9.59 Å². The number of esters is 2. The van der Waals surface area contributed by atoms with Crippen LogP contribution in [0.2, 0.25) is 0 Å². The first-order valence-electron chi connectivity index (χ1n) is 3.76. The zero-order chi connectivity index (χ0) is 9.26. The Kier molecular flexibility index (Phi) is 1.73. The zero-order valence-electron chi connectivity index (χ0n) is 6.65. The maximum Gasteiger partial charge on any atom is 0.322 e. The number of ether oxygens (including phenoxy) is 2. The van der Waals surface area contributed by atoms with E-state index in [0.717, 1.165) is 0 Å². The first kappa shape index (κ1) is 7.79. The summed E-state index contributed by atoms with van der Waals surface area (Å²) in [6, 6.07) is 6.55. The Labute approximate surface area is 74.1 Å². The summed E-state index contributed by atoms with van der Waals surface area (Å²) in [7, 11) is 0. The lowest BCUT2D eigenvalue weighted by Gasteiger charge is -2.02. The fraction of sp³-hybridized carbons (Fsp3) is 0.111. The SMILES string of the molecule is O=C1CC(=O)Oc2ccccc2O1. The quantitative estimate of drug-likeness (QED) is 0.336. The molecule has 0 aliphatic carbocycles. The van der Waals surface area contributed by atoms with Crippen LogP contribution in [0.1, 0.15) is 6.42 Å². The van der Waals surface area contributed by atoms with E-state index in [-0.39, 0.29) is 6.42 Å². The molecule has 0 fully saturated rings. The van der Waals surface area contributed by atoms with Gasteiger partial charge in [0.1, 0.15) is 6.42 Å². The molecule has 66 valence electrons. The second-order valence-corrected chi connectivity index (χ2v) is 2.57. The van der Waals surface area contributed by atoms with Gasteiger partial charge in [-0.15, -0.1) is 0 Å². The van der Waals surface area contributed by atoms with E-state index < -0.39 is 11.9 Å². The summed E-state index contributed by atoms with van der Waals surface area (Å²) in [5.41, 5.74) is 0. The number of benzene rings is 1. The van der Waals surface area contributed by atoms with Crippen molar-refractivity contribution < 1.29 is 19.1 Å². The number of fused-ring (bicyclic) bond motifs is 1. The van der Waals surface area contributed by atoms with Gasteiger partial charge in [-0.2, -0.15) is 0 Å². The van der Waals surface area contributed by atoms with E-state index in [4.69, 9.17) is 9.47 Å². The fourth-order valence-electron chi connectivity index (χ4n) is 1.05. The summed E-state index contributed by atoms with van der Waals surface area (Å²) in [5.74, 6) is -0.596. The normalized spacial score (nSPS) is 15.4. The molecule has 0 unspecified atom stereocenters. The maximum atomic E-state index is 10.9. The van der Waals surface area contributed by atoms with E-state index in [1.165, 1.54) is 0 Å². The van der Waals surface area contributed by atoms with Crippen LogP contribution in [-0.4, -0.2) is 11.9 Å². The molecule has 4 heteroatoms. The van der Waals surface area contributed by atoms with Gasteiger partial charge in [0.2, 0.25) is 0 Å². The zero-order valence-corrected chi connectivity index (χ0v) is 6.65. The van der Waals surface area contributed by atoms with E-state index in [0.29, 0.717) is 11.5 Å². The third-order valence-corrected chi connectivity index (χ3v) is 1.59. The summed E-state index contributed by atoms with van der Waals surface area (Å²) in [5, 5.41) is 0. The number of carbonyl (C=O) groups is 2. The number of hydrogen-bond acceptors (Lipinski definition) is 4. The minimum absolute atomic E-state index is 0.290. The summed E-state index contributed by atoms with van der Waals surface area (Å²) in [4.78, 5) is 21.9. The molecule has 1 heterocycles. The number of hydrogen-bond donors (Lipinski definition) is 0. The fourth-order valence-corrected chi connectivity index (χ4v) is 1.05. The van der Waals surface area contributed by atoms with Crippen molar-refractivity contribution in [1.82, 2.24) is 0 Å². The van der Waals surface area contributed by atoms with Crippen LogP contribution in [0.25, 0.3) is 0 Å². The second kappa shape index (κ2) is 2.90. The lowest BCUT2D eigenvalue weighted by molar-refractivity contribution is -0.142. The van der Waals surface area contributed by atoms with Gasteiger partial charge < -0.3 is 9.47 Å². The largest absolute Gasteiger partial charge is 0.422 e. The first-order valence-corrected chi connectivity index (χ1v) is 3.76. The molecular formula is C9H6O4. The van der Waals surface area contributed by atoms with Crippen LogP contribution in [0.4, 0.5) is 0 Å². The molecule has 0 aromatic heterocycles. The van der Waals surface area contributed by atoms with Crippen molar-refractivity contribution in [2.45, 2.75) is 6.42 Å². The van der Waals surface area contributed by atoms with E-state index in [9.17, 15) is 9.59 Å². The van der Waals surface area contributed by atoms with Crippen molar-refractivity contribution >= 4 is 11.9 Å². The lowest BCUT2D eigenvalue weighted by Crippen LogP contribution is -2.13. The molecule has 0 radical (unpaired) electrons. The van der Waals surface area contributed by atoms with Gasteiger partial charge in [-0.25, -0.2) is 0 Å². The third kappa shape index (κ3) is 1.51. The van der Waals surface area contributed by atoms with Crippen LogP contribution in [0.5, 0.6) is 11.5 Å². The Morgan fingerprint density at radius 2 is 1.38 bits per heavy atom. The maximum absolute atomic E-state index is 10.9. The molecule has 0 atom stereocenters. The van der Waals surface area contributed by atoms with Crippen molar-refractivity contribution in [3.63, 3.8) is 0 Å². The van der Waals surface area contributed by atoms with Gasteiger partial charge in [0, 0.05) is 0 Å². The Morgan fingerprint density at radius 3 is 1.85 bits per heavy atom. The predicted molar refractivity (Wildman–Crippen MR) is 42.3 cm³/mol. The molecular weight excluding hydrogens is 172 g/mol. The summed E-state index contributed by atoms with van der Waals surface area (Å²) in [6.07, 6.45) is -0.339. The molecule has 0 N–H and O–H groups in total. The minimum Gasteiger partial charge on any atom is -0.422 e. The average Bonchev–Trinajstić information content (AvgIpc) is 2.20. The molecule has 2 rings (SSSR count). The van der Waals surface area contributed by atoms with Gasteiger partial charge in [0.15, 0.2) is 11.5 Å². The van der Waals surface area contributed by atoms with Crippen LogP contribution in [0.15, 0.2) is 24.3 Å². The standard InChI is InChI=1S/C9H6O4/c10-8-5-9(11)13-7-4-2-1-3-6(7)12-8/h1-4H,5H2. The first-order chi connectivity index (χ1) is 6.25. The van der Waals surface area contributed by atoms with Gasteiger partial charge in [-0.05, 0) is 12.1 Å². The number of carbonyl (C=O) groups excluding carboxylic acids is 2. The van der Waals surface area contributed by atoms with Crippen molar-refractivity contribution in [3.8, 4) is 11.5 Å². The van der Waals surface area contributed by atoms with Crippen molar-refractivity contribution in [2.75, 3.05) is 0 Å². The lowest BCUT2D eigenvalue weighted by atomic mass is 10.3. The molecule has 0 amide bonds. The summed E-state index contributed by atoms with van der Waals surface area (Å²) >= 11 is 0. The van der Waals surface area contributed by atoms with E-state index >= 15 is 0 Å².